The number of nitrogens with one attached hydrogen (secondary N) is 1. The Bertz CT molecular complexity index is 1040. The highest BCUT2D eigenvalue weighted by Crippen LogP contribution is 2.23. The van der Waals surface area contributed by atoms with Gasteiger partial charge in [-0.1, -0.05) is 42.5 Å². The zero-order chi connectivity index (χ0) is 18.1. The minimum absolute atomic E-state index is 0.0315. The molecule has 134 valence electrons. The Labute approximate surface area is 156 Å². The number of fused-ring (bicyclic) bond motifs is 1. The van der Waals surface area contributed by atoms with Crippen LogP contribution in [-0.4, -0.2) is 31.8 Å². The summed E-state index contributed by atoms with van der Waals surface area (Å²) in [5.74, 6) is -0.0315. The van der Waals surface area contributed by atoms with Crippen molar-refractivity contribution < 1.29 is 13.2 Å². The van der Waals surface area contributed by atoms with Crippen LogP contribution in [0.25, 0.3) is 10.8 Å². The average molecular weight is 386 g/mol. The van der Waals surface area contributed by atoms with E-state index in [4.69, 9.17) is 0 Å². The van der Waals surface area contributed by atoms with Gasteiger partial charge in [0.2, 0.25) is 15.9 Å². The monoisotopic (exact) mass is 386 g/mol. The van der Waals surface area contributed by atoms with Crippen LogP contribution in [0.1, 0.15) is 12.0 Å². The van der Waals surface area contributed by atoms with Crippen LogP contribution in [0.15, 0.2) is 64.2 Å². The molecule has 2 heterocycles. The number of amides is 1. The Morgan fingerprint density at radius 3 is 2.73 bits per heavy atom. The van der Waals surface area contributed by atoms with Crippen molar-refractivity contribution in [3.63, 3.8) is 0 Å². The molecule has 1 atom stereocenters. The van der Waals surface area contributed by atoms with Crippen molar-refractivity contribution in [2.75, 3.05) is 6.54 Å². The quantitative estimate of drug-likeness (QED) is 0.733. The van der Waals surface area contributed by atoms with Crippen molar-refractivity contribution in [2.45, 2.75) is 23.9 Å². The van der Waals surface area contributed by atoms with E-state index in [1.807, 2.05) is 42.5 Å². The normalized spacial score (nSPS) is 17.9. The highest BCUT2D eigenvalue weighted by atomic mass is 32.2. The van der Waals surface area contributed by atoms with Crippen molar-refractivity contribution in [1.29, 1.82) is 0 Å². The Morgan fingerprint density at radius 2 is 1.92 bits per heavy atom. The van der Waals surface area contributed by atoms with E-state index in [2.05, 4.69) is 4.72 Å². The zero-order valence-electron chi connectivity index (χ0n) is 14.0. The summed E-state index contributed by atoms with van der Waals surface area (Å²) in [5, 5.41) is 5.56. The molecule has 1 aliphatic heterocycles. The molecule has 0 unspecified atom stereocenters. The smallest absolute Gasteiger partial charge is 0.241 e. The van der Waals surface area contributed by atoms with E-state index in [0.29, 0.717) is 13.1 Å². The van der Waals surface area contributed by atoms with Crippen molar-refractivity contribution in [3.8, 4) is 0 Å². The van der Waals surface area contributed by atoms with E-state index < -0.39 is 16.1 Å². The van der Waals surface area contributed by atoms with E-state index in [1.165, 1.54) is 11.3 Å². The molecule has 1 fully saturated rings. The second-order valence-corrected chi connectivity index (χ2v) is 8.89. The van der Waals surface area contributed by atoms with Crippen molar-refractivity contribution in [1.82, 2.24) is 9.62 Å². The molecule has 0 radical (unpaired) electrons. The van der Waals surface area contributed by atoms with Gasteiger partial charge >= 0.3 is 0 Å². The second kappa shape index (κ2) is 6.83. The lowest BCUT2D eigenvalue weighted by Gasteiger charge is -2.18. The van der Waals surface area contributed by atoms with E-state index in [1.54, 1.807) is 21.7 Å². The summed E-state index contributed by atoms with van der Waals surface area (Å²) in [5.41, 5.74) is 1.07. The van der Waals surface area contributed by atoms with Gasteiger partial charge in [-0.25, -0.2) is 13.1 Å². The standard InChI is InChI=1S/C19H18N2O3S2/c22-19-10-16(20-26(23,24)17-8-9-25-13-17)12-21(19)11-15-6-3-5-14-4-1-2-7-18(14)15/h1-9,13,16,20H,10-12H2/t16-/m1/s1. The molecule has 1 aliphatic rings. The topological polar surface area (TPSA) is 66.5 Å². The molecule has 1 aromatic heterocycles. The Kier molecular flexibility index (Phi) is 4.52. The maximum absolute atomic E-state index is 12.4. The van der Waals surface area contributed by atoms with Crippen LogP contribution in [0.3, 0.4) is 0 Å². The van der Waals surface area contributed by atoms with Crippen LogP contribution in [0, 0.1) is 0 Å². The third-order valence-corrected chi connectivity index (χ3v) is 6.93. The fraction of sp³-hybridized carbons (Fsp3) is 0.211. The summed E-state index contributed by atoms with van der Waals surface area (Å²) < 4.78 is 27.4. The van der Waals surface area contributed by atoms with Crippen molar-refractivity contribution >= 4 is 38.0 Å². The number of carbonyl (C=O) groups excluding carboxylic acids is 1. The van der Waals surface area contributed by atoms with Gasteiger partial charge < -0.3 is 4.90 Å². The first-order chi connectivity index (χ1) is 12.5. The predicted molar refractivity (Wildman–Crippen MR) is 102 cm³/mol. The Hall–Kier alpha value is -2.22. The first-order valence-corrected chi connectivity index (χ1v) is 10.7. The lowest BCUT2D eigenvalue weighted by molar-refractivity contribution is -0.128. The molecule has 1 saturated heterocycles. The number of likely N-dealkylation sites (tertiary alicyclic amines) is 1. The van der Waals surface area contributed by atoms with Gasteiger partial charge in [0.05, 0.1) is 4.90 Å². The van der Waals surface area contributed by atoms with Crippen LogP contribution in [0.4, 0.5) is 0 Å². The lowest BCUT2D eigenvalue weighted by Crippen LogP contribution is -2.36. The third kappa shape index (κ3) is 3.38. The van der Waals surface area contributed by atoms with E-state index in [-0.39, 0.29) is 17.2 Å². The molecule has 26 heavy (non-hydrogen) atoms. The number of sulfonamides is 1. The van der Waals surface area contributed by atoms with Crippen LogP contribution in [0.2, 0.25) is 0 Å². The molecule has 4 rings (SSSR count). The largest absolute Gasteiger partial charge is 0.337 e. The van der Waals surface area contributed by atoms with Gasteiger partial charge in [0, 0.05) is 30.9 Å². The molecule has 0 bridgehead atoms. The van der Waals surface area contributed by atoms with Crippen LogP contribution < -0.4 is 4.72 Å². The maximum Gasteiger partial charge on any atom is 0.241 e. The number of hydrogen-bond donors (Lipinski definition) is 1. The molecule has 1 N–H and O–H groups in total. The van der Waals surface area contributed by atoms with Gasteiger partial charge in [-0.05, 0) is 27.8 Å². The van der Waals surface area contributed by atoms with E-state index in [0.717, 1.165) is 16.3 Å². The number of carbonyl (C=O) groups is 1. The fourth-order valence-corrected chi connectivity index (χ4v) is 5.59. The van der Waals surface area contributed by atoms with Gasteiger partial charge in [0.15, 0.2) is 0 Å². The number of nitrogens with zero attached hydrogens (tertiary/aromatic N) is 1. The summed E-state index contributed by atoms with van der Waals surface area (Å²) in [6, 6.07) is 15.3. The minimum Gasteiger partial charge on any atom is -0.337 e. The summed E-state index contributed by atoms with van der Waals surface area (Å²) in [6.07, 6.45) is 0.189. The molecule has 5 nitrogen and oxygen atoms in total. The molecule has 0 spiro atoms. The predicted octanol–water partition coefficient (Wildman–Crippen LogP) is 2.98. The van der Waals surface area contributed by atoms with Crippen molar-refractivity contribution in [3.05, 3.63) is 64.9 Å². The third-order valence-electron chi connectivity index (χ3n) is 4.58. The molecule has 0 aliphatic carbocycles. The van der Waals surface area contributed by atoms with Gasteiger partial charge in [-0.15, -0.1) is 0 Å². The maximum atomic E-state index is 12.4. The molecule has 1 amide bonds. The first-order valence-electron chi connectivity index (χ1n) is 8.32. The zero-order valence-corrected chi connectivity index (χ0v) is 15.6. The van der Waals surface area contributed by atoms with E-state index in [9.17, 15) is 13.2 Å². The average Bonchev–Trinajstić information content (AvgIpc) is 3.26. The molecule has 3 aromatic rings. The second-order valence-electron chi connectivity index (χ2n) is 6.39. The first kappa shape index (κ1) is 17.2. The molecule has 0 saturated carbocycles. The summed E-state index contributed by atoms with van der Waals surface area (Å²) in [4.78, 5) is 14.4. The van der Waals surface area contributed by atoms with Crippen molar-refractivity contribution in [2.24, 2.45) is 0 Å². The highest BCUT2D eigenvalue weighted by molar-refractivity contribution is 7.89. The number of benzene rings is 2. The summed E-state index contributed by atoms with van der Waals surface area (Å²) in [6.45, 7) is 0.863. The number of thiophene rings is 1. The van der Waals surface area contributed by atoms with Crippen LogP contribution >= 0.6 is 11.3 Å². The van der Waals surface area contributed by atoms with Crippen LogP contribution in [-0.2, 0) is 21.4 Å². The van der Waals surface area contributed by atoms with Crippen LogP contribution in [0.5, 0.6) is 0 Å². The van der Waals surface area contributed by atoms with Gasteiger partial charge in [0.1, 0.15) is 0 Å². The molecular formula is C19H18N2O3S2. The Morgan fingerprint density at radius 1 is 1.12 bits per heavy atom. The van der Waals surface area contributed by atoms with Gasteiger partial charge in [0.25, 0.3) is 0 Å². The molecule has 7 heteroatoms. The highest BCUT2D eigenvalue weighted by Gasteiger charge is 2.33. The summed E-state index contributed by atoms with van der Waals surface area (Å²) >= 11 is 1.33. The Balaban J connectivity index is 1.50. The van der Waals surface area contributed by atoms with E-state index >= 15 is 0 Å². The minimum atomic E-state index is -3.57. The molecular weight excluding hydrogens is 368 g/mol. The number of hydrogen-bond acceptors (Lipinski definition) is 4. The lowest BCUT2D eigenvalue weighted by atomic mass is 10.0. The van der Waals surface area contributed by atoms with Gasteiger partial charge in [-0.2, -0.15) is 11.3 Å². The van der Waals surface area contributed by atoms with Gasteiger partial charge in [-0.3, -0.25) is 4.79 Å². The summed E-state index contributed by atoms with van der Waals surface area (Å²) in [7, 11) is -3.57. The fourth-order valence-electron chi connectivity index (χ4n) is 3.33. The SMILES string of the molecule is O=C1C[C@@H](NS(=O)(=O)c2ccsc2)CN1Cc1cccc2ccccc12. The molecule has 2 aromatic carbocycles. The number of rotatable bonds is 5.